The molecule has 0 aliphatic heterocycles. The minimum absolute atomic E-state index is 0.0296. The zero-order chi connectivity index (χ0) is 15.6. The highest BCUT2D eigenvalue weighted by Gasteiger charge is 2.29. The number of hydrogen-bond donors (Lipinski definition) is 1. The fourth-order valence-corrected chi connectivity index (χ4v) is 2.00. The van der Waals surface area contributed by atoms with Crippen LogP contribution in [0.4, 0.5) is 18.9 Å². The summed E-state index contributed by atoms with van der Waals surface area (Å²) in [6.45, 7) is 0.540. The maximum absolute atomic E-state index is 12.3. The summed E-state index contributed by atoms with van der Waals surface area (Å²) in [5.41, 5.74) is 0.100. The van der Waals surface area contributed by atoms with Gasteiger partial charge in [-0.3, -0.25) is 4.79 Å². The second kappa shape index (κ2) is 5.88. The minimum Gasteiger partial charge on any atom is -0.375 e. The molecule has 0 unspecified atom stereocenters. The topological polar surface area (TPSA) is 73.0 Å². The zero-order valence-corrected chi connectivity index (χ0v) is 12.3. The third kappa shape index (κ3) is 4.06. The Morgan fingerprint density at radius 3 is 2.76 bits per heavy atom. The number of aryl methyl sites for hydroxylation is 1. The van der Waals surface area contributed by atoms with Gasteiger partial charge in [-0.2, -0.15) is 18.3 Å². The first-order valence-electron chi connectivity index (χ1n) is 5.75. The van der Waals surface area contributed by atoms with Crippen LogP contribution < -0.4 is 10.9 Å². The van der Waals surface area contributed by atoms with Crippen LogP contribution in [0.15, 0.2) is 26.1 Å². The molecule has 0 fully saturated rings. The lowest BCUT2D eigenvalue weighted by Gasteiger charge is -2.11. The number of nitrogens with zero attached hydrogens (tertiary/aromatic N) is 3. The summed E-state index contributed by atoms with van der Waals surface area (Å²) in [4.78, 5) is 11.8. The molecule has 2 heterocycles. The molecule has 21 heavy (non-hydrogen) atoms. The molecule has 2 rings (SSSR count). The number of anilines is 1. The van der Waals surface area contributed by atoms with E-state index < -0.39 is 18.3 Å². The molecule has 2 aromatic rings. The largest absolute Gasteiger partial charge is 0.408 e. The van der Waals surface area contributed by atoms with E-state index in [1.807, 2.05) is 0 Å². The molecular formula is C11H10BrF3N4O2. The normalized spacial score (nSPS) is 11.7. The highest BCUT2D eigenvalue weighted by molar-refractivity contribution is 9.10. The zero-order valence-electron chi connectivity index (χ0n) is 10.7. The van der Waals surface area contributed by atoms with Crippen molar-refractivity contribution in [1.82, 2.24) is 14.9 Å². The third-order valence-corrected chi connectivity index (χ3v) is 3.21. The first kappa shape index (κ1) is 15.5. The van der Waals surface area contributed by atoms with Crippen LogP contribution in [0.3, 0.4) is 0 Å². The van der Waals surface area contributed by atoms with Gasteiger partial charge < -0.3 is 9.84 Å². The molecule has 0 aliphatic carbocycles. The summed E-state index contributed by atoms with van der Waals surface area (Å²) in [6.07, 6.45) is -3.37. The summed E-state index contributed by atoms with van der Waals surface area (Å²) < 4.78 is 42.1. The molecule has 1 N–H and O–H groups in total. The predicted octanol–water partition coefficient (Wildman–Crippen LogP) is 2.48. The number of halogens is 4. The molecule has 2 aromatic heterocycles. The van der Waals surface area contributed by atoms with Gasteiger partial charge in [0.15, 0.2) is 5.76 Å². The molecule has 0 bridgehead atoms. The number of aromatic nitrogens is 3. The van der Waals surface area contributed by atoms with E-state index in [9.17, 15) is 18.0 Å². The maximum atomic E-state index is 12.3. The van der Waals surface area contributed by atoms with E-state index >= 15 is 0 Å². The Hall–Kier alpha value is -1.84. The van der Waals surface area contributed by atoms with Crippen LogP contribution in [0, 0.1) is 6.92 Å². The van der Waals surface area contributed by atoms with Gasteiger partial charge in [0.05, 0.1) is 24.1 Å². The van der Waals surface area contributed by atoms with Crippen LogP contribution >= 0.6 is 15.9 Å². The van der Waals surface area contributed by atoms with Crippen LogP contribution in [0.1, 0.15) is 11.5 Å². The Morgan fingerprint density at radius 1 is 1.48 bits per heavy atom. The second-order valence-electron chi connectivity index (χ2n) is 4.24. The summed E-state index contributed by atoms with van der Waals surface area (Å²) >= 11 is 2.97. The summed E-state index contributed by atoms with van der Waals surface area (Å²) in [7, 11) is 0. The van der Waals surface area contributed by atoms with Crippen molar-refractivity contribution in [3.05, 3.63) is 38.5 Å². The predicted molar refractivity (Wildman–Crippen MR) is 70.8 cm³/mol. The highest BCUT2D eigenvalue weighted by atomic mass is 79.9. The Bertz CT molecular complexity index is 696. The molecule has 10 heteroatoms. The van der Waals surface area contributed by atoms with Gasteiger partial charge in [-0.1, -0.05) is 5.16 Å². The Morgan fingerprint density at radius 2 is 2.19 bits per heavy atom. The SMILES string of the molecule is Cc1cc(CNc2cnn(CC(F)(F)F)c(=O)c2Br)on1. The number of nitrogens with one attached hydrogen (secondary N) is 1. The molecule has 0 amide bonds. The van der Waals surface area contributed by atoms with Crippen LogP contribution in [0.5, 0.6) is 0 Å². The fourth-order valence-electron chi connectivity index (χ4n) is 1.55. The fraction of sp³-hybridized carbons (Fsp3) is 0.364. The Balaban J connectivity index is 2.15. The van der Waals surface area contributed by atoms with Crippen LogP contribution in [0.25, 0.3) is 0 Å². The lowest BCUT2D eigenvalue weighted by Crippen LogP contribution is -2.31. The number of hydrogen-bond acceptors (Lipinski definition) is 5. The quantitative estimate of drug-likeness (QED) is 0.899. The van der Waals surface area contributed by atoms with Crippen molar-refractivity contribution < 1.29 is 17.7 Å². The number of rotatable bonds is 4. The average molecular weight is 367 g/mol. The smallest absolute Gasteiger partial charge is 0.375 e. The van der Waals surface area contributed by atoms with Gasteiger partial charge in [0, 0.05) is 6.07 Å². The second-order valence-corrected chi connectivity index (χ2v) is 5.03. The highest BCUT2D eigenvalue weighted by Crippen LogP contribution is 2.20. The van der Waals surface area contributed by atoms with E-state index in [0.717, 1.165) is 6.20 Å². The standard InChI is InChI=1S/C11H10BrF3N4O2/c1-6-2-7(21-18-6)3-16-8-4-17-19(5-11(13,14)15)10(20)9(8)12/h2,4,16H,3,5H2,1H3. The maximum Gasteiger partial charge on any atom is 0.408 e. The van der Waals surface area contributed by atoms with E-state index in [1.54, 1.807) is 13.0 Å². The Labute approximate surface area is 125 Å². The molecule has 0 spiro atoms. The average Bonchev–Trinajstić information content (AvgIpc) is 2.79. The van der Waals surface area contributed by atoms with Crippen molar-refractivity contribution in [2.45, 2.75) is 26.2 Å². The summed E-state index contributed by atoms with van der Waals surface area (Å²) in [6, 6.07) is 1.69. The van der Waals surface area contributed by atoms with Gasteiger partial charge in [0.25, 0.3) is 5.56 Å². The van der Waals surface area contributed by atoms with Crippen molar-refractivity contribution in [2.24, 2.45) is 0 Å². The van der Waals surface area contributed by atoms with Crippen molar-refractivity contribution in [3.63, 3.8) is 0 Å². The Kier molecular flexibility index (Phi) is 4.35. The monoisotopic (exact) mass is 366 g/mol. The molecule has 0 aliphatic rings. The van der Waals surface area contributed by atoms with Crippen molar-refractivity contribution in [1.29, 1.82) is 0 Å². The molecule has 0 aromatic carbocycles. The van der Waals surface area contributed by atoms with Crippen LogP contribution in [-0.2, 0) is 13.1 Å². The summed E-state index contributed by atoms with van der Waals surface area (Å²) in [5, 5.41) is 10.0. The molecular weight excluding hydrogens is 357 g/mol. The van der Waals surface area contributed by atoms with E-state index in [-0.39, 0.29) is 16.7 Å². The van der Waals surface area contributed by atoms with E-state index in [0.29, 0.717) is 16.1 Å². The first-order chi connectivity index (χ1) is 9.76. The van der Waals surface area contributed by atoms with Gasteiger partial charge >= 0.3 is 6.18 Å². The van der Waals surface area contributed by atoms with Crippen LogP contribution in [0.2, 0.25) is 0 Å². The van der Waals surface area contributed by atoms with Crippen molar-refractivity contribution in [3.8, 4) is 0 Å². The molecule has 0 saturated heterocycles. The van der Waals surface area contributed by atoms with Crippen molar-refractivity contribution >= 4 is 21.6 Å². The van der Waals surface area contributed by atoms with Gasteiger partial charge in [-0.25, -0.2) is 4.68 Å². The summed E-state index contributed by atoms with van der Waals surface area (Å²) in [5.74, 6) is 0.527. The lowest BCUT2D eigenvalue weighted by molar-refractivity contribution is -0.143. The third-order valence-electron chi connectivity index (χ3n) is 2.44. The van der Waals surface area contributed by atoms with E-state index in [1.165, 1.54) is 0 Å². The number of alkyl halides is 3. The van der Waals surface area contributed by atoms with Gasteiger partial charge in [-0.15, -0.1) is 0 Å². The van der Waals surface area contributed by atoms with Gasteiger partial charge in [-0.05, 0) is 22.9 Å². The van der Waals surface area contributed by atoms with Gasteiger partial charge in [0.1, 0.15) is 11.0 Å². The molecule has 6 nitrogen and oxygen atoms in total. The first-order valence-corrected chi connectivity index (χ1v) is 6.54. The molecule has 0 radical (unpaired) electrons. The lowest BCUT2D eigenvalue weighted by atomic mass is 10.3. The van der Waals surface area contributed by atoms with E-state index in [2.05, 4.69) is 31.5 Å². The minimum atomic E-state index is -4.51. The van der Waals surface area contributed by atoms with E-state index in [4.69, 9.17) is 4.52 Å². The van der Waals surface area contributed by atoms with Crippen LogP contribution in [-0.4, -0.2) is 21.1 Å². The van der Waals surface area contributed by atoms with Gasteiger partial charge in [0.2, 0.25) is 0 Å². The molecule has 0 atom stereocenters. The molecule has 114 valence electrons. The van der Waals surface area contributed by atoms with Crippen molar-refractivity contribution in [2.75, 3.05) is 5.32 Å². The molecule has 0 saturated carbocycles.